The lowest BCUT2D eigenvalue weighted by Crippen LogP contribution is -2.25. The standard InChI is InChI=1S/C19H19ClN2O2S/c1-24-18(23)13-21-12-17(15-7-9-16(20)10-8-15)19(25)22-11-14-5-3-2-4-6-14/h2-10,12,21H,11,13H2,1H3,(H,22,25)/b17-12+. The first-order valence-corrected chi connectivity index (χ1v) is 8.47. The molecule has 6 heteroatoms. The summed E-state index contributed by atoms with van der Waals surface area (Å²) in [5, 5.41) is 6.82. The Labute approximate surface area is 157 Å². The van der Waals surface area contributed by atoms with Crippen molar-refractivity contribution in [2.24, 2.45) is 0 Å². The molecular weight excluding hydrogens is 356 g/mol. The Hall–Kier alpha value is -2.37. The number of carbonyl (C=O) groups is 1. The lowest BCUT2D eigenvalue weighted by atomic mass is 10.1. The third-order valence-corrected chi connectivity index (χ3v) is 4.03. The lowest BCUT2D eigenvalue weighted by molar-refractivity contribution is -0.139. The Kier molecular flexibility index (Phi) is 7.44. The van der Waals surface area contributed by atoms with Crippen LogP contribution in [0.25, 0.3) is 5.57 Å². The van der Waals surface area contributed by atoms with Crippen molar-refractivity contribution in [3.8, 4) is 0 Å². The molecule has 0 saturated heterocycles. The zero-order valence-electron chi connectivity index (χ0n) is 13.8. The number of methoxy groups -OCH3 is 1. The Bertz CT molecular complexity index is 746. The van der Waals surface area contributed by atoms with Gasteiger partial charge in [-0.15, -0.1) is 0 Å². The molecule has 0 atom stereocenters. The number of nitrogens with one attached hydrogen (secondary N) is 2. The summed E-state index contributed by atoms with van der Waals surface area (Å²) in [5.41, 5.74) is 2.79. The van der Waals surface area contributed by atoms with Crippen LogP contribution in [-0.2, 0) is 16.1 Å². The molecule has 130 valence electrons. The Morgan fingerprint density at radius 1 is 1.16 bits per heavy atom. The van der Waals surface area contributed by atoms with E-state index in [4.69, 9.17) is 23.8 Å². The average Bonchev–Trinajstić information content (AvgIpc) is 2.65. The maximum Gasteiger partial charge on any atom is 0.325 e. The van der Waals surface area contributed by atoms with Crippen LogP contribution in [0.1, 0.15) is 11.1 Å². The van der Waals surface area contributed by atoms with Crippen LogP contribution in [0.4, 0.5) is 0 Å². The van der Waals surface area contributed by atoms with Crippen LogP contribution in [0.2, 0.25) is 5.02 Å². The minimum atomic E-state index is -0.352. The van der Waals surface area contributed by atoms with Crippen LogP contribution in [-0.4, -0.2) is 24.6 Å². The number of esters is 1. The number of hydrogen-bond acceptors (Lipinski definition) is 4. The van der Waals surface area contributed by atoms with Crippen molar-refractivity contribution in [3.05, 3.63) is 76.9 Å². The zero-order chi connectivity index (χ0) is 18.1. The van der Waals surface area contributed by atoms with Gasteiger partial charge in [-0.05, 0) is 23.3 Å². The highest BCUT2D eigenvalue weighted by atomic mass is 35.5. The van der Waals surface area contributed by atoms with Gasteiger partial charge >= 0.3 is 5.97 Å². The molecule has 0 aromatic heterocycles. The molecule has 0 aliphatic heterocycles. The molecule has 0 spiro atoms. The molecule has 0 unspecified atom stereocenters. The van der Waals surface area contributed by atoms with Gasteiger partial charge in [-0.2, -0.15) is 0 Å². The molecule has 0 bridgehead atoms. The second kappa shape index (κ2) is 9.81. The maximum absolute atomic E-state index is 11.3. The SMILES string of the molecule is COC(=O)CN/C=C(/C(=S)NCc1ccccc1)c1ccc(Cl)cc1. The van der Waals surface area contributed by atoms with E-state index in [0.29, 0.717) is 16.6 Å². The molecule has 0 heterocycles. The minimum Gasteiger partial charge on any atom is -0.468 e. The highest BCUT2D eigenvalue weighted by Gasteiger charge is 2.09. The van der Waals surface area contributed by atoms with Gasteiger partial charge < -0.3 is 15.4 Å². The smallest absolute Gasteiger partial charge is 0.325 e. The van der Waals surface area contributed by atoms with Crippen molar-refractivity contribution in [3.63, 3.8) is 0 Å². The van der Waals surface area contributed by atoms with Crippen molar-refractivity contribution >= 4 is 40.3 Å². The van der Waals surface area contributed by atoms with Crippen LogP contribution in [0.5, 0.6) is 0 Å². The van der Waals surface area contributed by atoms with Crippen LogP contribution < -0.4 is 10.6 Å². The van der Waals surface area contributed by atoms with E-state index < -0.39 is 0 Å². The molecule has 2 aromatic carbocycles. The largest absolute Gasteiger partial charge is 0.468 e. The zero-order valence-corrected chi connectivity index (χ0v) is 15.4. The van der Waals surface area contributed by atoms with Crippen LogP contribution in [0.15, 0.2) is 60.8 Å². The van der Waals surface area contributed by atoms with E-state index in [-0.39, 0.29) is 12.5 Å². The van der Waals surface area contributed by atoms with Gasteiger partial charge in [0.25, 0.3) is 0 Å². The molecule has 0 aliphatic rings. The van der Waals surface area contributed by atoms with Gasteiger partial charge in [-0.1, -0.05) is 66.3 Å². The summed E-state index contributed by atoms with van der Waals surface area (Å²) in [6.07, 6.45) is 1.71. The van der Waals surface area contributed by atoms with E-state index in [2.05, 4.69) is 15.4 Å². The van der Waals surface area contributed by atoms with E-state index in [1.165, 1.54) is 7.11 Å². The normalized spacial score (nSPS) is 10.9. The molecule has 4 nitrogen and oxygen atoms in total. The predicted molar refractivity (Wildman–Crippen MR) is 105 cm³/mol. The highest BCUT2D eigenvalue weighted by Crippen LogP contribution is 2.18. The monoisotopic (exact) mass is 374 g/mol. The second-order valence-corrected chi connectivity index (χ2v) is 6.03. The summed E-state index contributed by atoms with van der Waals surface area (Å²) in [6.45, 7) is 0.677. The second-order valence-electron chi connectivity index (χ2n) is 5.19. The number of hydrogen-bond donors (Lipinski definition) is 2. The molecule has 0 saturated carbocycles. The van der Waals surface area contributed by atoms with Crippen molar-refractivity contribution in [1.82, 2.24) is 10.6 Å². The van der Waals surface area contributed by atoms with Crippen molar-refractivity contribution in [2.45, 2.75) is 6.54 Å². The highest BCUT2D eigenvalue weighted by molar-refractivity contribution is 7.81. The van der Waals surface area contributed by atoms with Gasteiger partial charge in [0.15, 0.2) is 0 Å². The third kappa shape index (κ3) is 6.21. The topological polar surface area (TPSA) is 50.4 Å². The van der Waals surface area contributed by atoms with E-state index in [0.717, 1.165) is 16.7 Å². The number of thiocarbonyl (C=S) groups is 1. The molecule has 0 amide bonds. The van der Waals surface area contributed by atoms with E-state index in [1.54, 1.807) is 18.3 Å². The summed E-state index contributed by atoms with van der Waals surface area (Å²) >= 11 is 11.5. The van der Waals surface area contributed by atoms with Gasteiger partial charge in [0.05, 0.1) is 7.11 Å². The summed E-state index contributed by atoms with van der Waals surface area (Å²) in [4.78, 5) is 11.8. The van der Waals surface area contributed by atoms with Gasteiger partial charge in [0, 0.05) is 23.3 Å². The van der Waals surface area contributed by atoms with Crippen LogP contribution in [0, 0.1) is 0 Å². The quantitative estimate of drug-likeness (QED) is 0.441. The molecule has 25 heavy (non-hydrogen) atoms. The molecule has 0 radical (unpaired) electrons. The summed E-state index contributed by atoms with van der Waals surface area (Å²) < 4.78 is 4.62. The van der Waals surface area contributed by atoms with Crippen molar-refractivity contribution < 1.29 is 9.53 Å². The van der Waals surface area contributed by atoms with Crippen molar-refractivity contribution in [2.75, 3.05) is 13.7 Å². The van der Waals surface area contributed by atoms with Crippen LogP contribution >= 0.6 is 23.8 Å². The fourth-order valence-electron chi connectivity index (χ4n) is 2.09. The van der Waals surface area contributed by atoms with Gasteiger partial charge in [0.2, 0.25) is 0 Å². The van der Waals surface area contributed by atoms with Crippen LogP contribution in [0.3, 0.4) is 0 Å². The molecule has 2 N–H and O–H groups in total. The van der Waals surface area contributed by atoms with E-state index in [1.807, 2.05) is 42.5 Å². The summed E-state index contributed by atoms with van der Waals surface area (Å²) in [7, 11) is 1.35. The Morgan fingerprint density at radius 2 is 1.84 bits per heavy atom. The Balaban J connectivity index is 2.12. The predicted octanol–water partition coefficient (Wildman–Crippen LogP) is 3.56. The molecule has 0 fully saturated rings. The first-order valence-electron chi connectivity index (χ1n) is 7.68. The van der Waals surface area contributed by atoms with E-state index in [9.17, 15) is 4.79 Å². The summed E-state index contributed by atoms with van der Waals surface area (Å²) in [6, 6.07) is 17.3. The number of benzene rings is 2. The van der Waals surface area contributed by atoms with Gasteiger partial charge in [0.1, 0.15) is 11.5 Å². The minimum absolute atomic E-state index is 0.0644. The van der Waals surface area contributed by atoms with Gasteiger partial charge in [-0.3, -0.25) is 4.79 Å². The lowest BCUT2D eigenvalue weighted by Gasteiger charge is -2.13. The average molecular weight is 375 g/mol. The fraction of sp³-hybridized carbons (Fsp3) is 0.158. The number of rotatable bonds is 7. The number of carbonyl (C=O) groups excluding carboxylic acids is 1. The van der Waals surface area contributed by atoms with Gasteiger partial charge in [-0.25, -0.2) is 0 Å². The first kappa shape index (κ1) is 19.0. The summed E-state index contributed by atoms with van der Waals surface area (Å²) in [5.74, 6) is -0.352. The molecular formula is C19H19ClN2O2S. The van der Waals surface area contributed by atoms with Crippen molar-refractivity contribution in [1.29, 1.82) is 0 Å². The van der Waals surface area contributed by atoms with E-state index >= 15 is 0 Å². The maximum atomic E-state index is 11.3. The molecule has 2 aromatic rings. The fourth-order valence-corrected chi connectivity index (χ4v) is 2.47. The number of ether oxygens (including phenoxy) is 1. The first-order chi connectivity index (χ1) is 12.1. The Morgan fingerprint density at radius 3 is 2.48 bits per heavy atom. The molecule has 2 rings (SSSR count). The molecule has 0 aliphatic carbocycles. The number of halogens is 1. The third-order valence-electron chi connectivity index (χ3n) is 3.42.